The number of carbonyl (C=O) groups excluding carboxylic acids is 3. The summed E-state index contributed by atoms with van der Waals surface area (Å²) in [5.41, 5.74) is -0.995. The minimum absolute atomic E-state index is 0.297. The molecule has 1 atom stereocenters. The molecule has 1 saturated heterocycles. The SMILES string of the molecule is CC[C@H](NC(=O)CN1C(=O)NC(C)(C)C1=O)c1nc(C)no1. The molecule has 1 aliphatic heterocycles. The zero-order valence-corrected chi connectivity index (χ0v) is 13.0. The van der Waals surface area contributed by atoms with Gasteiger partial charge in [0.05, 0.1) is 0 Å². The highest BCUT2D eigenvalue weighted by atomic mass is 16.5. The van der Waals surface area contributed by atoms with E-state index in [4.69, 9.17) is 4.52 Å². The van der Waals surface area contributed by atoms with Crippen LogP contribution >= 0.6 is 0 Å². The van der Waals surface area contributed by atoms with Gasteiger partial charge in [-0.05, 0) is 27.2 Å². The normalized spacial score (nSPS) is 18.3. The van der Waals surface area contributed by atoms with Crippen molar-refractivity contribution in [1.82, 2.24) is 25.7 Å². The molecule has 4 amide bonds. The molecule has 0 saturated carbocycles. The lowest BCUT2D eigenvalue weighted by molar-refractivity contribution is -0.134. The van der Waals surface area contributed by atoms with Crippen molar-refractivity contribution >= 4 is 17.8 Å². The van der Waals surface area contributed by atoms with Crippen LogP contribution in [0.25, 0.3) is 0 Å². The van der Waals surface area contributed by atoms with E-state index >= 15 is 0 Å². The zero-order valence-electron chi connectivity index (χ0n) is 13.0. The summed E-state index contributed by atoms with van der Waals surface area (Å²) in [5.74, 6) is -0.136. The molecule has 0 bridgehead atoms. The van der Waals surface area contributed by atoms with Crippen molar-refractivity contribution in [2.75, 3.05) is 6.54 Å². The summed E-state index contributed by atoms with van der Waals surface area (Å²) in [4.78, 5) is 40.8. The highest BCUT2D eigenvalue weighted by Gasteiger charge is 2.45. The van der Waals surface area contributed by atoms with Gasteiger partial charge in [-0.3, -0.25) is 14.5 Å². The van der Waals surface area contributed by atoms with Crippen LogP contribution in [0.4, 0.5) is 4.79 Å². The van der Waals surface area contributed by atoms with Crippen LogP contribution in [-0.2, 0) is 9.59 Å². The van der Waals surface area contributed by atoms with Crippen molar-refractivity contribution < 1.29 is 18.9 Å². The summed E-state index contributed by atoms with van der Waals surface area (Å²) in [6.07, 6.45) is 0.541. The van der Waals surface area contributed by atoms with E-state index < -0.39 is 29.4 Å². The first-order chi connectivity index (χ1) is 10.2. The average molecular weight is 309 g/mol. The van der Waals surface area contributed by atoms with Crippen LogP contribution in [0.1, 0.15) is 44.9 Å². The lowest BCUT2D eigenvalue weighted by Gasteiger charge is -2.17. The molecule has 0 spiro atoms. The summed E-state index contributed by atoms with van der Waals surface area (Å²) in [6.45, 7) is 6.35. The van der Waals surface area contributed by atoms with Gasteiger partial charge in [-0.2, -0.15) is 4.98 Å². The standard InChI is InChI=1S/C13H19N5O4/c1-5-8(10-14-7(2)17-22-10)15-9(19)6-18-11(20)13(3,4)16-12(18)21/h8H,5-6H2,1-4H3,(H,15,19)(H,16,21)/t8-/m0/s1. The van der Waals surface area contributed by atoms with Crippen molar-refractivity contribution in [3.63, 3.8) is 0 Å². The lowest BCUT2D eigenvalue weighted by atomic mass is 10.1. The van der Waals surface area contributed by atoms with Crippen LogP contribution in [0, 0.1) is 6.92 Å². The molecular formula is C13H19N5O4. The molecule has 2 heterocycles. The maximum absolute atomic E-state index is 12.1. The highest BCUT2D eigenvalue weighted by Crippen LogP contribution is 2.17. The third-order valence-corrected chi connectivity index (χ3v) is 3.33. The first-order valence-corrected chi connectivity index (χ1v) is 6.98. The molecule has 0 unspecified atom stereocenters. The first-order valence-electron chi connectivity index (χ1n) is 6.98. The van der Waals surface area contributed by atoms with Crippen molar-refractivity contribution in [3.05, 3.63) is 11.7 Å². The van der Waals surface area contributed by atoms with Crippen molar-refractivity contribution in [1.29, 1.82) is 0 Å². The lowest BCUT2D eigenvalue weighted by Crippen LogP contribution is -2.43. The minimum Gasteiger partial charge on any atom is -0.343 e. The van der Waals surface area contributed by atoms with Gasteiger partial charge < -0.3 is 15.2 Å². The molecule has 1 fully saturated rings. The second kappa shape index (κ2) is 5.74. The molecule has 0 radical (unpaired) electrons. The first kappa shape index (κ1) is 15.9. The van der Waals surface area contributed by atoms with Crippen LogP contribution < -0.4 is 10.6 Å². The molecule has 9 nitrogen and oxygen atoms in total. The van der Waals surface area contributed by atoms with Crippen LogP contribution in [0.2, 0.25) is 0 Å². The predicted molar refractivity (Wildman–Crippen MR) is 74.5 cm³/mol. The van der Waals surface area contributed by atoms with Crippen LogP contribution in [0.15, 0.2) is 4.52 Å². The molecule has 22 heavy (non-hydrogen) atoms. The third kappa shape index (κ3) is 3.07. The Morgan fingerprint density at radius 2 is 2.14 bits per heavy atom. The summed E-state index contributed by atoms with van der Waals surface area (Å²) >= 11 is 0. The molecule has 2 N–H and O–H groups in total. The van der Waals surface area contributed by atoms with Crippen LogP contribution in [0.5, 0.6) is 0 Å². The Labute approximate surface area is 127 Å². The number of aryl methyl sites for hydroxylation is 1. The van der Waals surface area contributed by atoms with E-state index in [0.717, 1.165) is 4.90 Å². The van der Waals surface area contributed by atoms with Gasteiger partial charge in [0.2, 0.25) is 11.8 Å². The van der Waals surface area contributed by atoms with Gasteiger partial charge in [0, 0.05) is 0 Å². The Kier molecular flexibility index (Phi) is 4.16. The van der Waals surface area contributed by atoms with Crippen molar-refractivity contribution in [3.8, 4) is 0 Å². The Morgan fingerprint density at radius 3 is 2.59 bits per heavy atom. The Balaban J connectivity index is 2.00. The third-order valence-electron chi connectivity index (χ3n) is 3.33. The fraction of sp³-hybridized carbons (Fsp3) is 0.615. The molecule has 1 aliphatic rings. The molecule has 120 valence electrons. The van der Waals surface area contributed by atoms with E-state index in [2.05, 4.69) is 20.8 Å². The van der Waals surface area contributed by atoms with Gasteiger partial charge in [-0.15, -0.1) is 0 Å². The monoisotopic (exact) mass is 309 g/mol. The summed E-state index contributed by atoms with van der Waals surface area (Å²) < 4.78 is 5.03. The van der Waals surface area contributed by atoms with E-state index in [1.165, 1.54) is 0 Å². The molecular weight excluding hydrogens is 290 g/mol. The minimum atomic E-state index is -0.995. The molecule has 0 aromatic carbocycles. The number of nitrogens with one attached hydrogen (secondary N) is 2. The largest absolute Gasteiger partial charge is 0.343 e. The van der Waals surface area contributed by atoms with Gasteiger partial charge >= 0.3 is 6.03 Å². The Bertz CT molecular complexity index is 609. The van der Waals surface area contributed by atoms with Crippen LogP contribution in [-0.4, -0.2) is 45.0 Å². The second-order valence-electron chi connectivity index (χ2n) is 5.65. The second-order valence-corrected chi connectivity index (χ2v) is 5.65. The predicted octanol–water partition coefficient (Wildman–Crippen LogP) is 0.276. The maximum atomic E-state index is 12.1. The molecule has 0 aliphatic carbocycles. The number of carbonyl (C=O) groups is 3. The Morgan fingerprint density at radius 1 is 1.45 bits per heavy atom. The topological polar surface area (TPSA) is 117 Å². The van der Waals surface area contributed by atoms with Crippen molar-refractivity contribution in [2.45, 2.75) is 45.7 Å². The number of rotatable bonds is 5. The number of hydrogen-bond acceptors (Lipinski definition) is 6. The number of aromatic nitrogens is 2. The molecule has 9 heteroatoms. The number of hydrogen-bond donors (Lipinski definition) is 2. The van der Waals surface area contributed by atoms with Gasteiger partial charge in [-0.25, -0.2) is 4.79 Å². The highest BCUT2D eigenvalue weighted by molar-refractivity contribution is 6.08. The van der Waals surface area contributed by atoms with E-state index in [0.29, 0.717) is 18.1 Å². The fourth-order valence-electron chi connectivity index (χ4n) is 2.14. The molecule has 1 aromatic heterocycles. The summed E-state index contributed by atoms with van der Waals surface area (Å²) in [7, 11) is 0. The van der Waals surface area contributed by atoms with E-state index in [1.807, 2.05) is 6.92 Å². The number of nitrogens with zero attached hydrogens (tertiary/aromatic N) is 3. The van der Waals surface area contributed by atoms with Gasteiger partial charge in [0.25, 0.3) is 5.91 Å². The number of urea groups is 1. The van der Waals surface area contributed by atoms with Gasteiger partial charge in [0.1, 0.15) is 18.1 Å². The number of amides is 4. The molecule has 2 rings (SSSR count). The van der Waals surface area contributed by atoms with Crippen LogP contribution in [0.3, 0.4) is 0 Å². The van der Waals surface area contributed by atoms with Crippen molar-refractivity contribution in [2.24, 2.45) is 0 Å². The van der Waals surface area contributed by atoms with E-state index in [-0.39, 0.29) is 6.54 Å². The maximum Gasteiger partial charge on any atom is 0.325 e. The summed E-state index contributed by atoms with van der Waals surface area (Å²) in [5, 5.41) is 8.87. The zero-order chi connectivity index (χ0) is 16.5. The van der Waals surface area contributed by atoms with Gasteiger partial charge in [-0.1, -0.05) is 12.1 Å². The number of imide groups is 1. The van der Waals surface area contributed by atoms with Gasteiger partial charge in [0.15, 0.2) is 5.82 Å². The smallest absolute Gasteiger partial charge is 0.325 e. The summed E-state index contributed by atoms with van der Waals surface area (Å²) in [6, 6.07) is -1.03. The quantitative estimate of drug-likeness (QED) is 0.754. The Hall–Kier alpha value is -2.45. The van der Waals surface area contributed by atoms with E-state index in [1.54, 1.807) is 20.8 Å². The van der Waals surface area contributed by atoms with E-state index in [9.17, 15) is 14.4 Å². The fourth-order valence-corrected chi connectivity index (χ4v) is 2.14. The molecule has 1 aromatic rings. The average Bonchev–Trinajstić information content (AvgIpc) is 2.93.